The van der Waals surface area contributed by atoms with Crippen molar-refractivity contribution in [1.82, 2.24) is 4.98 Å². The smallest absolute Gasteiger partial charge is 0.0627 e. The van der Waals surface area contributed by atoms with Crippen LogP contribution >= 0.6 is 0 Å². The summed E-state index contributed by atoms with van der Waals surface area (Å²) in [7, 11) is 0. The van der Waals surface area contributed by atoms with E-state index in [-0.39, 0.29) is 6.04 Å². The van der Waals surface area contributed by atoms with Gasteiger partial charge < -0.3 is 5.73 Å². The zero-order chi connectivity index (χ0) is 9.26. The lowest BCUT2D eigenvalue weighted by Crippen LogP contribution is -2.14. The fraction of sp³-hybridized carbons (Fsp3) is 0.364. The highest BCUT2D eigenvalue weighted by atomic mass is 14.8. The van der Waals surface area contributed by atoms with Crippen LogP contribution < -0.4 is 5.73 Å². The molecule has 0 unspecified atom stereocenters. The van der Waals surface area contributed by atoms with Gasteiger partial charge in [-0.15, -0.1) is 0 Å². The Balaban J connectivity index is 2.22. The van der Waals surface area contributed by atoms with E-state index in [1.165, 1.54) is 12.8 Å². The monoisotopic (exact) mass is 174 g/mol. The van der Waals surface area contributed by atoms with Gasteiger partial charge in [-0.1, -0.05) is 12.6 Å². The predicted molar refractivity (Wildman–Crippen MR) is 54.0 cm³/mol. The minimum Gasteiger partial charge on any atom is -0.322 e. The van der Waals surface area contributed by atoms with Gasteiger partial charge in [0.2, 0.25) is 0 Å². The van der Waals surface area contributed by atoms with Crippen LogP contribution in [0.1, 0.15) is 30.3 Å². The maximum atomic E-state index is 6.03. The van der Waals surface area contributed by atoms with Gasteiger partial charge in [-0.3, -0.25) is 4.98 Å². The Hall–Kier alpha value is -1.15. The summed E-state index contributed by atoms with van der Waals surface area (Å²) in [6, 6.07) is 6.05. The number of hydrogen-bond acceptors (Lipinski definition) is 2. The highest BCUT2D eigenvalue weighted by molar-refractivity contribution is 5.41. The Bertz CT molecular complexity index is 316. The Morgan fingerprint density at radius 2 is 2.31 bits per heavy atom. The van der Waals surface area contributed by atoms with Crippen molar-refractivity contribution < 1.29 is 0 Å². The first-order valence-electron chi connectivity index (χ1n) is 4.66. The van der Waals surface area contributed by atoms with Gasteiger partial charge in [0, 0.05) is 6.04 Å². The summed E-state index contributed by atoms with van der Waals surface area (Å²) in [4.78, 5) is 4.41. The molecule has 1 saturated carbocycles. The van der Waals surface area contributed by atoms with Gasteiger partial charge in [0.1, 0.15) is 0 Å². The molecule has 1 heterocycles. The van der Waals surface area contributed by atoms with E-state index < -0.39 is 0 Å². The van der Waals surface area contributed by atoms with E-state index in [2.05, 4.69) is 11.6 Å². The first-order chi connectivity index (χ1) is 6.31. The lowest BCUT2D eigenvalue weighted by Gasteiger charge is -2.09. The van der Waals surface area contributed by atoms with Crippen molar-refractivity contribution in [3.05, 3.63) is 36.2 Å². The van der Waals surface area contributed by atoms with Crippen molar-refractivity contribution in [2.24, 2.45) is 11.7 Å². The quantitative estimate of drug-likeness (QED) is 0.762. The number of pyridine rings is 1. The average Bonchev–Trinajstić information content (AvgIpc) is 3.00. The second kappa shape index (κ2) is 3.30. The minimum atomic E-state index is 0.125. The molecule has 0 bridgehead atoms. The van der Waals surface area contributed by atoms with Gasteiger partial charge in [0.25, 0.3) is 0 Å². The standard InChI is InChI=1S/C11H14N2/c1-2-9-4-3-5-10(13-9)11(12)8-6-7-8/h2-5,8,11H,1,6-7,12H2/t11-/m1/s1. The fourth-order valence-electron chi connectivity index (χ4n) is 1.47. The van der Waals surface area contributed by atoms with E-state index in [0.29, 0.717) is 5.92 Å². The van der Waals surface area contributed by atoms with Crippen LogP contribution in [0.2, 0.25) is 0 Å². The van der Waals surface area contributed by atoms with Gasteiger partial charge in [0.15, 0.2) is 0 Å². The van der Waals surface area contributed by atoms with Crippen molar-refractivity contribution in [1.29, 1.82) is 0 Å². The maximum Gasteiger partial charge on any atom is 0.0627 e. The number of rotatable bonds is 3. The number of hydrogen-bond donors (Lipinski definition) is 1. The van der Waals surface area contributed by atoms with Crippen LogP contribution in [0.5, 0.6) is 0 Å². The van der Waals surface area contributed by atoms with Gasteiger partial charge in [0.05, 0.1) is 11.4 Å². The molecule has 1 atom stereocenters. The van der Waals surface area contributed by atoms with Gasteiger partial charge in [-0.05, 0) is 37.0 Å². The minimum absolute atomic E-state index is 0.125. The van der Waals surface area contributed by atoms with Crippen molar-refractivity contribution in [3.8, 4) is 0 Å². The summed E-state index contributed by atoms with van der Waals surface area (Å²) in [5.41, 5.74) is 7.94. The van der Waals surface area contributed by atoms with Crippen LogP contribution in [0, 0.1) is 5.92 Å². The van der Waals surface area contributed by atoms with Crippen molar-refractivity contribution in [2.45, 2.75) is 18.9 Å². The van der Waals surface area contributed by atoms with Gasteiger partial charge in [-0.25, -0.2) is 0 Å². The Kier molecular flexibility index (Phi) is 2.15. The van der Waals surface area contributed by atoms with E-state index in [1.807, 2.05) is 18.2 Å². The molecule has 0 radical (unpaired) electrons. The third-order valence-electron chi connectivity index (χ3n) is 2.47. The molecule has 0 aliphatic heterocycles. The largest absolute Gasteiger partial charge is 0.322 e. The molecule has 1 fully saturated rings. The zero-order valence-electron chi connectivity index (χ0n) is 7.61. The molecule has 2 rings (SSSR count). The molecular weight excluding hydrogens is 160 g/mol. The zero-order valence-corrected chi connectivity index (χ0v) is 7.61. The molecule has 1 aromatic rings. The second-order valence-corrected chi connectivity index (χ2v) is 3.55. The Morgan fingerprint density at radius 3 is 2.92 bits per heavy atom. The van der Waals surface area contributed by atoms with E-state index in [9.17, 15) is 0 Å². The van der Waals surface area contributed by atoms with E-state index in [0.717, 1.165) is 11.4 Å². The third kappa shape index (κ3) is 1.78. The van der Waals surface area contributed by atoms with E-state index in [1.54, 1.807) is 6.08 Å². The molecule has 0 amide bonds. The summed E-state index contributed by atoms with van der Waals surface area (Å²) in [5.74, 6) is 0.660. The lowest BCUT2D eigenvalue weighted by molar-refractivity contribution is 0.614. The van der Waals surface area contributed by atoms with Crippen LogP contribution in [-0.2, 0) is 0 Å². The molecular formula is C11H14N2. The number of nitrogens with zero attached hydrogens (tertiary/aromatic N) is 1. The van der Waals surface area contributed by atoms with E-state index >= 15 is 0 Å². The molecule has 0 saturated heterocycles. The predicted octanol–water partition coefficient (Wildman–Crippen LogP) is 2.13. The van der Waals surface area contributed by atoms with E-state index in [4.69, 9.17) is 5.73 Å². The summed E-state index contributed by atoms with van der Waals surface area (Å²) < 4.78 is 0. The summed E-state index contributed by atoms with van der Waals surface area (Å²) >= 11 is 0. The maximum absolute atomic E-state index is 6.03. The lowest BCUT2D eigenvalue weighted by atomic mass is 10.1. The molecule has 0 aromatic carbocycles. The molecule has 2 nitrogen and oxygen atoms in total. The van der Waals surface area contributed by atoms with Crippen LogP contribution in [0.4, 0.5) is 0 Å². The van der Waals surface area contributed by atoms with Crippen molar-refractivity contribution >= 4 is 6.08 Å². The molecule has 1 aromatic heterocycles. The highest BCUT2D eigenvalue weighted by Gasteiger charge is 2.30. The highest BCUT2D eigenvalue weighted by Crippen LogP contribution is 2.38. The number of nitrogens with two attached hydrogens (primary N) is 1. The van der Waals surface area contributed by atoms with Crippen molar-refractivity contribution in [2.75, 3.05) is 0 Å². The normalized spacial score (nSPS) is 18.2. The summed E-state index contributed by atoms with van der Waals surface area (Å²) in [5, 5.41) is 0. The first kappa shape index (κ1) is 8.45. The molecule has 68 valence electrons. The van der Waals surface area contributed by atoms with Crippen LogP contribution in [0.25, 0.3) is 6.08 Å². The second-order valence-electron chi connectivity index (χ2n) is 3.55. The summed E-state index contributed by atoms with van der Waals surface area (Å²) in [6.45, 7) is 3.69. The topological polar surface area (TPSA) is 38.9 Å². The number of aromatic nitrogens is 1. The van der Waals surface area contributed by atoms with Crippen LogP contribution in [0.3, 0.4) is 0 Å². The average molecular weight is 174 g/mol. The van der Waals surface area contributed by atoms with Gasteiger partial charge >= 0.3 is 0 Å². The fourth-order valence-corrected chi connectivity index (χ4v) is 1.47. The van der Waals surface area contributed by atoms with Crippen molar-refractivity contribution in [3.63, 3.8) is 0 Å². The SMILES string of the molecule is C=Cc1cccc([C@H](N)C2CC2)n1. The first-order valence-corrected chi connectivity index (χ1v) is 4.66. The van der Waals surface area contributed by atoms with Gasteiger partial charge in [-0.2, -0.15) is 0 Å². The third-order valence-corrected chi connectivity index (χ3v) is 2.47. The molecule has 1 aliphatic rings. The Morgan fingerprint density at radius 1 is 1.54 bits per heavy atom. The molecule has 1 aliphatic carbocycles. The summed E-state index contributed by atoms with van der Waals surface area (Å²) in [6.07, 6.45) is 4.26. The Labute approximate surface area is 78.5 Å². The van der Waals surface area contributed by atoms with Crippen LogP contribution in [0.15, 0.2) is 24.8 Å². The molecule has 2 heteroatoms. The molecule has 0 spiro atoms. The molecule has 13 heavy (non-hydrogen) atoms. The molecule has 2 N–H and O–H groups in total. The van der Waals surface area contributed by atoms with Crippen LogP contribution in [-0.4, -0.2) is 4.98 Å².